The van der Waals surface area contributed by atoms with Gasteiger partial charge in [-0.15, -0.1) is 11.3 Å². The first-order chi connectivity index (χ1) is 13.3. The molecule has 0 saturated carbocycles. The molecule has 3 heterocycles. The zero-order chi connectivity index (χ0) is 18.5. The van der Waals surface area contributed by atoms with Crippen molar-refractivity contribution in [2.75, 3.05) is 5.32 Å². The van der Waals surface area contributed by atoms with E-state index in [0.717, 1.165) is 10.6 Å². The molecule has 0 bridgehead atoms. The Labute approximate surface area is 158 Å². The van der Waals surface area contributed by atoms with Crippen LogP contribution in [0, 0.1) is 0 Å². The van der Waals surface area contributed by atoms with Crippen molar-refractivity contribution in [3.8, 4) is 10.7 Å². The normalized spacial score (nSPS) is 10.7. The number of nitrogens with one attached hydrogen (secondary N) is 1. The second-order valence-corrected chi connectivity index (χ2v) is 6.49. The lowest BCUT2D eigenvalue weighted by Gasteiger charge is -2.10. The highest BCUT2D eigenvalue weighted by atomic mass is 32.1. The van der Waals surface area contributed by atoms with E-state index in [-0.39, 0.29) is 12.5 Å². The maximum atomic E-state index is 12.5. The van der Waals surface area contributed by atoms with Crippen molar-refractivity contribution in [3.63, 3.8) is 0 Å². The first kappa shape index (κ1) is 17.0. The van der Waals surface area contributed by atoms with Gasteiger partial charge >= 0.3 is 5.97 Å². The molecule has 0 aliphatic carbocycles. The molecule has 27 heavy (non-hydrogen) atoms. The number of rotatable bonds is 7. The van der Waals surface area contributed by atoms with Gasteiger partial charge < -0.3 is 19.0 Å². The lowest BCUT2D eigenvalue weighted by Crippen LogP contribution is -2.10. The number of esters is 1. The summed E-state index contributed by atoms with van der Waals surface area (Å²) in [5, 5.41) is 9.00. The van der Waals surface area contributed by atoms with E-state index in [4.69, 9.17) is 13.7 Å². The molecule has 0 fully saturated rings. The summed E-state index contributed by atoms with van der Waals surface area (Å²) in [4.78, 5) is 17.6. The molecule has 4 rings (SSSR count). The van der Waals surface area contributed by atoms with E-state index in [1.54, 1.807) is 24.5 Å². The average molecular weight is 381 g/mol. The van der Waals surface area contributed by atoms with E-state index in [1.807, 2.05) is 35.7 Å². The van der Waals surface area contributed by atoms with Gasteiger partial charge in [-0.05, 0) is 35.7 Å². The van der Waals surface area contributed by atoms with Gasteiger partial charge in [0.15, 0.2) is 6.61 Å². The van der Waals surface area contributed by atoms with E-state index in [2.05, 4.69) is 15.5 Å². The van der Waals surface area contributed by atoms with Crippen molar-refractivity contribution in [1.82, 2.24) is 10.1 Å². The predicted octanol–water partition coefficient (Wildman–Crippen LogP) is 4.36. The molecular formula is C19H15N3O4S. The van der Waals surface area contributed by atoms with Crippen molar-refractivity contribution in [3.05, 3.63) is 77.4 Å². The topological polar surface area (TPSA) is 90.4 Å². The fourth-order valence-corrected chi connectivity index (χ4v) is 3.08. The highest BCUT2D eigenvalue weighted by molar-refractivity contribution is 7.13. The summed E-state index contributed by atoms with van der Waals surface area (Å²) in [6, 6.07) is 14.6. The number of carbonyl (C=O) groups is 1. The van der Waals surface area contributed by atoms with Crippen LogP contribution in [0.3, 0.4) is 0 Å². The van der Waals surface area contributed by atoms with Crippen LogP contribution in [0.4, 0.5) is 5.69 Å². The molecule has 7 nitrogen and oxygen atoms in total. The van der Waals surface area contributed by atoms with Gasteiger partial charge in [0, 0.05) is 5.69 Å². The highest BCUT2D eigenvalue weighted by Gasteiger charge is 2.15. The molecule has 0 atom stereocenters. The van der Waals surface area contributed by atoms with E-state index in [0.29, 0.717) is 23.6 Å². The molecule has 1 N–H and O–H groups in total. The van der Waals surface area contributed by atoms with Crippen LogP contribution >= 0.6 is 11.3 Å². The van der Waals surface area contributed by atoms with Gasteiger partial charge in [0.2, 0.25) is 5.82 Å². The lowest BCUT2D eigenvalue weighted by atomic mass is 10.2. The summed E-state index contributed by atoms with van der Waals surface area (Å²) in [6.07, 6.45) is 1.60. The van der Waals surface area contributed by atoms with Crippen LogP contribution in [0.2, 0.25) is 0 Å². The molecule has 0 amide bonds. The van der Waals surface area contributed by atoms with Crippen molar-refractivity contribution < 1.29 is 18.5 Å². The molecule has 8 heteroatoms. The number of aromatic nitrogens is 2. The summed E-state index contributed by atoms with van der Waals surface area (Å²) in [7, 11) is 0. The van der Waals surface area contributed by atoms with Gasteiger partial charge in [-0.1, -0.05) is 23.4 Å². The smallest absolute Gasteiger partial charge is 0.340 e. The third-order valence-electron chi connectivity index (χ3n) is 3.72. The molecule has 0 aliphatic rings. The molecule has 0 radical (unpaired) electrons. The molecule has 1 aromatic carbocycles. The number of thiophene rings is 1. The Hall–Kier alpha value is -3.39. The molecule has 4 aromatic rings. The standard InChI is InChI=1S/C19H15N3O4S/c23-19(25-12-17-21-18(22-26-17)16-8-4-10-27-16)14-6-1-2-7-15(14)20-11-13-5-3-9-24-13/h1-10,20H,11-12H2. The number of furan rings is 1. The monoisotopic (exact) mass is 381 g/mol. The molecule has 136 valence electrons. The van der Waals surface area contributed by atoms with Gasteiger partial charge in [0.25, 0.3) is 5.89 Å². The molecule has 0 unspecified atom stereocenters. The van der Waals surface area contributed by atoms with Gasteiger partial charge in [0.05, 0.1) is 23.2 Å². The van der Waals surface area contributed by atoms with Crippen LogP contribution in [-0.2, 0) is 17.9 Å². The molecule has 0 spiro atoms. The summed E-state index contributed by atoms with van der Waals surface area (Å²) in [5.41, 5.74) is 1.07. The number of hydrogen-bond donors (Lipinski definition) is 1. The Kier molecular flexibility index (Phi) is 4.97. The highest BCUT2D eigenvalue weighted by Crippen LogP contribution is 2.22. The number of benzene rings is 1. The van der Waals surface area contributed by atoms with E-state index in [9.17, 15) is 4.79 Å². The lowest BCUT2D eigenvalue weighted by molar-refractivity contribution is 0.0431. The predicted molar refractivity (Wildman–Crippen MR) is 99.2 cm³/mol. The summed E-state index contributed by atoms with van der Waals surface area (Å²) >= 11 is 1.51. The molecular weight excluding hydrogens is 366 g/mol. The SMILES string of the molecule is O=C(OCc1nc(-c2cccs2)no1)c1ccccc1NCc1ccco1. The second-order valence-electron chi connectivity index (χ2n) is 5.54. The zero-order valence-corrected chi connectivity index (χ0v) is 14.9. The quantitative estimate of drug-likeness (QED) is 0.476. The number of nitrogens with zero attached hydrogens (tertiary/aromatic N) is 2. The van der Waals surface area contributed by atoms with Crippen LogP contribution in [0.15, 0.2) is 69.1 Å². The van der Waals surface area contributed by atoms with Crippen molar-refractivity contribution in [2.24, 2.45) is 0 Å². The molecule has 0 saturated heterocycles. The van der Waals surface area contributed by atoms with Crippen LogP contribution in [0.5, 0.6) is 0 Å². The van der Waals surface area contributed by atoms with Gasteiger partial charge in [-0.2, -0.15) is 4.98 Å². The fourth-order valence-electron chi connectivity index (χ4n) is 2.44. The largest absolute Gasteiger partial charge is 0.467 e. The molecule has 3 aromatic heterocycles. The second kappa shape index (κ2) is 7.88. The average Bonchev–Trinajstić information content (AvgIpc) is 3.47. The first-order valence-electron chi connectivity index (χ1n) is 8.18. The van der Waals surface area contributed by atoms with Crippen LogP contribution < -0.4 is 5.32 Å². The number of hydrogen-bond acceptors (Lipinski definition) is 8. The third kappa shape index (κ3) is 4.06. The van der Waals surface area contributed by atoms with Crippen molar-refractivity contribution in [1.29, 1.82) is 0 Å². The Balaban J connectivity index is 1.39. The number of para-hydroxylation sites is 1. The maximum Gasteiger partial charge on any atom is 0.340 e. The van der Waals surface area contributed by atoms with E-state index < -0.39 is 5.97 Å². The Morgan fingerprint density at radius 2 is 2.07 bits per heavy atom. The summed E-state index contributed by atoms with van der Waals surface area (Å²) in [6.45, 7) is 0.370. The minimum Gasteiger partial charge on any atom is -0.467 e. The van der Waals surface area contributed by atoms with E-state index >= 15 is 0 Å². The van der Waals surface area contributed by atoms with Crippen molar-refractivity contribution >= 4 is 23.0 Å². The Morgan fingerprint density at radius 1 is 1.15 bits per heavy atom. The number of anilines is 1. The third-order valence-corrected chi connectivity index (χ3v) is 4.58. The minimum atomic E-state index is -0.478. The van der Waals surface area contributed by atoms with Crippen molar-refractivity contribution in [2.45, 2.75) is 13.2 Å². The first-order valence-corrected chi connectivity index (χ1v) is 9.06. The Morgan fingerprint density at radius 3 is 2.89 bits per heavy atom. The minimum absolute atomic E-state index is 0.0935. The molecule has 0 aliphatic heterocycles. The zero-order valence-electron chi connectivity index (χ0n) is 14.1. The van der Waals surface area contributed by atoms with Crippen LogP contribution in [-0.4, -0.2) is 16.1 Å². The van der Waals surface area contributed by atoms with Gasteiger partial charge in [-0.25, -0.2) is 4.79 Å². The van der Waals surface area contributed by atoms with Gasteiger partial charge in [-0.3, -0.25) is 0 Å². The number of carbonyl (C=O) groups excluding carboxylic acids is 1. The fraction of sp³-hybridized carbons (Fsp3) is 0.105. The van der Waals surface area contributed by atoms with Crippen LogP contribution in [0.25, 0.3) is 10.7 Å². The Bertz CT molecular complexity index is 1010. The number of ether oxygens (including phenoxy) is 1. The van der Waals surface area contributed by atoms with E-state index in [1.165, 1.54) is 11.3 Å². The summed E-state index contributed by atoms with van der Waals surface area (Å²) in [5.74, 6) is 1.02. The van der Waals surface area contributed by atoms with Gasteiger partial charge in [0.1, 0.15) is 5.76 Å². The van der Waals surface area contributed by atoms with Crippen LogP contribution in [0.1, 0.15) is 22.0 Å². The maximum absolute atomic E-state index is 12.5. The summed E-state index contributed by atoms with van der Waals surface area (Å²) < 4.78 is 15.8.